The Labute approximate surface area is 145 Å². The van der Waals surface area contributed by atoms with Crippen molar-refractivity contribution in [1.82, 2.24) is 4.57 Å². The van der Waals surface area contributed by atoms with Crippen LogP contribution in [0.2, 0.25) is 0 Å². The van der Waals surface area contributed by atoms with Gasteiger partial charge in [0.1, 0.15) is 0 Å². The Bertz CT molecular complexity index is 1130. The molecule has 26 heavy (non-hydrogen) atoms. The van der Waals surface area contributed by atoms with Gasteiger partial charge in [-0.25, -0.2) is 0 Å². The van der Waals surface area contributed by atoms with E-state index < -0.39 is 17.6 Å². The molecule has 0 aliphatic rings. The molecule has 0 aliphatic heterocycles. The molecular formula is C19H13F3N2O2. The molecule has 4 nitrogen and oxygen atoms in total. The van der Waals surface area contributed by atoms with Gasteiger partial charge in [0.15, 0.2) is 0 Å². The lowest BCUT2D eigenvalue weighted by atomic mass is 10.0. The summed E-state index contributed by atoms with van der Waals surface area (Å²) >= 11 is 0. The van der Waals surface area contributed by atoms with Crippen LogP contribution in [0.4, 0.5) is 13.2 Å². The molecule has 0 saturated carbocycles. The van der Waals surface area contributed by atoms with Gasteiger partial charge in [-0.15, -0.1) is 0 Å². The van der Waals surface area contributed by atoms with E-state index in [4.69, 9.17) is 10.2 Å². The highest BCUT2D eigenvalue weighted by atomic mass is 19.4. The van der Waals surface area contributed by atoms with Crippen LogP contribution >= 0.6 is 0 Å². The van der Waals surface area contributed by atoms with Crippen molar-refractivity contribution < 1.29 is 22.4 Å². The van der Waals surface area contributed by atoms with Gasteiger partial charge in [0.2, 0.25) is 5.91 Å². The minimum atomic E-state index is -4.46. The molecule has 0 atom stereocenters. The van der Waals surface area contributed by atoms with Crippen LogP contribution in [0, 0.1) is 0 Å². The maximum atomic E-state index is 13.2. The fourth-order valence-corrected chi connectivity index (χ4v) is 3.26. The number of primary amides is 1. The van der Waals surface area contributed by atoms with Crippen LogP contribution in [-0.2, 0) is 12.7 Å². The van der Waals surface area contributed by atoms with Crippen LogP contribution in [0.25, 0.3) is 21.8 Å². The van der Waals surface area contributed by atoms with E-state index in [1.54, 1.807) is 28.8 Å². The molecule has 4 aromatic rings. The quantitative estimate of drug-likeness (QED) is 0.584. The average molecular weight is 358 g/mol. The summed E-state index contributed by atoms with van der Waals surface area (Å²) in [6.45, 7) is 0.306. The molecule has 2 aromatic carbocycles. The SMILES string of the molecule is NC(=O)c1cccc2c1c1ccc(C(F)(F)F)cc1n2Cc1ccoc1. The number of rotatable bonds is 3. The number of halogens is 3. The van der Waals surface area contributed by atoms with Crippen molar-refractivity contribution in [3.05, 3.63) is 71.7 Å². The van der Waals surface area contributed by atoms with Crippen molar-refractivity contribution in [2.45, 2.75) is 12.7 Å². The normalized spacial score (nSPS) is 12.1. The Morgan fingerprint density at radius 3 is 2.58 bits per heavy atom. The number of benzene rings is 2. The third kappa shape index (κ3) is 2.52. The number of hydrogen-bond donors (Lipinski definition) is 1. The zero-order valence-electron chi connectivity index (χ0n) is 13.4. The molecule has 0 fully saturated rings. The van der Waals surface area contributed by atoms with Gasteiger partial charge in [0.25, 0.3) is 0 Å². The average Bonchev–Trinajstić information content (AvgIpc) is 3.21. The predicted molar refractivity (Wildman–Crippen MR) is 90.8 cm³/mol. The van der Waals surface area contributed by atoms with E-state index in [0.717, 1.165) is 17.7 Å². The highest BCUT2D eigenvalue weighted by molar-refractivity contribution is 6.18. The minimum Gasteiger partial charge on any atom is -0.472 e. The van der Waals surface area contributed by atoms with Gasteiger partial charge in [-0.1, -0.05) is 12.1 Å². The lowest BCUT2D eigenvalue weighted by molar-refractivity contribution is -0.137. The molecule has 1 amide bonds. The molecule has 132 valence electrons. The molecule has 4 rings (SSSR count). The number of nitrogens with zero attached hydrogens (tertiary/aromatic N) is 1. The van der Waals surface area contributed by atoms with Crippen molar-refractivity contribution in [1.29, 1.82) is 0 Å². The van der Waals surface area contributed by atoms with E-state index in [9.17, 15) is 18.0 Å². The summed E-state index contributed by atoms with van der Waals surface area (Å²) in [6.07, 6.45) is -1.43. The van der Waals surface area contributed by atoms with Gasteiger partial charge >= 0.3 is 6.18 Å². The van der Waals surface area contributed by atoms with Gasteiger partial charge in [0.05, 0.1) is 35.7 Å². The molecule has 2 N–H and O–H groups in total. The topological polar surface area (TPSA) is 61.2 Å². The summed E-state index contributed by atoms with van der Waals surface area (Å²) in [5, 5.41) is 1.10. The summed E-state index contributed by atoms with van der Waals surface area (Å²) in [6, 6.07) is 10.2. The summed E-state index contributed by atoms with van der Waals surface area (Å²) in [5.41, 5.74) is 6.81. The summed E-state index contributed by atoms with van der Waals surface area (Å²) in [4.78, 5) is 11.8. The second-order valence-corrected chi connectivity index (χ2v) is 6.01. The summed E-state index contributed by atoms with van der Waals surface area (Å²) in [5.74, 6) is -0.627. The van der Waals surface area contributed by atoms with Gasteiger partial charge in [-0.2, -0.15) is 13.2 Å². The Kier molecular flexibility index (Phi) is 3.54. The number of aromatic nitrogens is 1. The first-order valence-corrected chi connectivity index (χ1v) is 7.79. The van der Waals surface area contributed by atoms with E-state index in [1.165, 1.54) is 18.6 Å². The Morgan fingerprint density at radius 1 is 1.12 bits per heavy atom. The third-order valence-corrected chi connectivity index (χ3v) is 4.40. The molecule has 0 bridgehead atoms. The van der Waals surface area contributed by atoms with Gasteiger partial charge in [0, 0.05) is 21.9 Å². The van der Waals surface area contributed by atoms with Gasteiger partial charge in [-0.05, 0) is 30.3 Å². The van der Waals surface area contributed by atoms with E-state index >= 15 is 0 Å². The third-order valence-electron chi connectivity index (χ3n) is 4.40. The number of hydrogen-bond acceptors (Lipinski definition) is 2. The molecule has 0 radical (unpaired) electrons. The Morgan fingerprint density at radius 2 is 1.92 bits per heavy atom. The van der Waals surface area contributed by atoms with Gasteiger partial charge < -0.3 is 14.7 Å². The predicted octanol–water partition coefficient (Wildman–Crippen LogP) is 4.55. The first kappa shape index (κ1) is 16.3. The number of alkyl halides is 3. The van der Waals surface area contributed by atoms with Crippen molar-refractivity contribution in [3.8, 4) is 0 Å². The van der Waals surface area contributed by atoms with Crippen molar-refractivity contribution >= 4 is 27.7 Å². The molecule has 2 aromatic heterocycles. The van der Waals surface area contributed by atoms with Crippen molar-refractivity contribution in [2.24, 2.45) is 5.73 Å². The summed E-state index contributed by atoms with van der Waals surface area (Å²) < 4.78 is 46.4. The molecular weight excluding hydrogens is 345 g/mol. The lowest BCUT2D eigenvalue weighted by Gasteiger charge is -2.09. The van der Waals surface area contributed by atoms with Gasteiger partial charge in [-0.3, -0.25) is 4.79 Å². The number of carbonyl (C=O) groups is 1. The van der Waals surface area contributed by atoms with E-state index in [2.05, 4.69) is 0 Å². The number of nitrogens with two attached hydrogens (primary N) is 1. The second kappa shape index (κ2) is 5.66. The number of carbonyl (C=O) groups excluding carboxylic acids is 1. The van der Waals surface area contributed by atoms with Crippen LogP contribution < -0.4 is 5.73 Å². The molecule has 0 spiro atoms. The van der Waals surface area contributed by atoms with E-state index in [0.29, 0.717) is 28.4 Å². The summed E-state index contributed by atoms with van der Waals surface area (Å²) in [7, 11) is 0. The molecule has 7 heteroatoms. The fourth-order valence-electron chi connectivity index (χ4n) is 3.26. The standard InChI is InChI=1S/C19H13F3N2O2/c20-19(21,22)12-4-5-13-16(8-12)24(9-11-6-7-26-10-11)15-3-1-2-14(17(13)15)18(23)25/h1-8,10H,9H2,(H2,23,25). The molecule has 2 heterocycles. The van der Waals surface area contributed by atoms with Crippen LogP contribution in [0.15, 0.2) is 59.4 Å². The van der Waals surface area contributed by atoms with Crippen LogP contribution in [0.3, 0.4) is 0 Å². The zero-order chi connectivity index (χ0) is 18.5. The van der Waals surface area contributed by atoms with Crippen LogP contribution in [0.5, 0.6) is 0 Å². The molecule has 0 unspecified atom stereocenters. The van der Waals surface area contributed by atoms with E-state index in [-0.39, 0.29) is 5.56 Å². The fraction of sp³-hybridized carbons (Fsp3) is 0.105. The van der Waals surface area contributed by atoms with E-state index in [1.807, 2.05) is 0 Å². The van der Waals surface area contributed by atoms with Crippen molar-refractivity contribution in [3.63, 3.8) is 0 Å². The van der Waals surface area contributed by atoms with Crippen LogP contribution in [-0.4, -0.2) is 10.5 Å². The maximum absolute atomic E-state index is 13.2. The second-order valence-electron chi connectivity index (χ2n) is 6.01. The molecule has 0 aliphatic carbocycles. The number of amides is 1. The van der Waals surface area contributed by atoms with Crippen LogP contribution in [0.1, 0.15) is 21.5 Å². The molecule has 0 saturated heterocycles. The largest absolute Gasteiger partial charge is 0.472 e. The Hall–Kier alpha value is -3.22. The smallest absolute Gasteiger partial charge is 0.416 e. The maximum Gasteiger partial charge on any atom is 0.416 e. The lowest BCUT2D eigenvalue weighted by Crippen LogP contribution is -2.11. The zero-order valence-corrected chi connectivity index (χ0v) is 13.4. The monoisotopic (exact) mass is 358 g/mol. The highest BCUT2D eigenvalue weighted by Crippen LogP contribution is 2.37. The first-order chi connectivity index (χ1) is 12.4. The minimum absolute atomic E-state index is 0.276. The highest BCUT2D eigenvalue weighted by Gasteiger charge is 2.31. The number of fused-ring (bicyclic) bond motifs is 3. The number of furan rings is 1. The van der Waals surface area contributed by atoms with Crippen molar-refractivity contribution in [2.75, 3.05) is 0 Å². The Balaban J connectivity index is 2.09. The first-order valence-electron chi connectivity index (χ1n) is 7.79.